The van der Waals surface area contributed by atoms with Crippen LogP contribution in [0.15, 0.2) is 30.6 Å². The molecule has 0 bridgehead atoms. The molecule has 0 radical (unpaired) electrons. The summed E-state index contributed by atoms with van der Waals surface area (Å²) in [7, 11) is 1.88. The van der Waals surface area contributed by atoms with Gasteiger partial charge in [-0.2, -0.15) is 0 Å². The Hall–Kier alpha value is -1.55. The second-order valence-electron chi connectivity index (χ2n) is 8.32. The topological polar surface area (TPSA) is 93.2 Å². The first kappa shape index (κ1) is 28.7. The number of halogens is 4. The Morgan fingerprint density at radius 3 is 2.71 bits per heavy atom. The van der Waals surface area contributed by atoms with Crippen molar-refractivity contribution in [2.75, 3.05) is 6.54 Å². The van der Waals surface area contributed by atoms with Gasteiger partial charge in [-0.3, -0.25) is 14.5 Å². The van der Waals surface area contributed by atoms with Crippen LogP contribution in [0.1, 0.15) is 23.8 Å². The highest BCUT2D eigenvalue weighted by atomic mass is 35.5. The molecule has 3 atom stereocenters. The molecule has 34 heavy (non-hydrogen) atoms. The summed E-state index contributed by atoms with van der Waals surface area (Å²) in [5, 5.41) is 4.42. The SMILES string of the molecule is C[C@@H](C(=O)NCc1cnc2c(c1)c(Cl)cn2C)N1CC(Cc2ccc(Cl)s2)CC1C(N)=O.Cl.Cl. The maximum atomic E-state index is 12.9. The fourth-order valence-corrected chi connectivity index (χ4v) is 5.88. The Kier molecular flexibility index (Phi) is 10.1. The molecule has 1 saturated heterocycles. The van der Waals surface area contributed by atoms with Crippen molar-refractivity contribution in [3.05, 3.63) is 50.4 Å². The standard InChI is InChI=1S/C22H25Cl2N5O2S.2ClH/c1-12(22(31)27-9-14-6-16-17(23)11-28(2)21(16)26-8-14)29-10-13(7-18(29)20(25)30)5-15-3-4-19(24)32-15;;/h3-4,6,8,11-13,18H,5,7,9-10H2,1-2H3,(H2,25,30)(H,27,31);2*1H/t12-,13?,18?;;/m0../s1. The first-order valence-corrected chi connectivity index (χ1v) is 12.0. The molecule has 12 heteroatoms. The van der Waals surface area contributed by atoms with Crippen molar-refractivity contribution in [2.45, 2.75) is 38.4 Å². The van der Waals surface area contributed by atoms with Crippen LogP contribution in [0.3, 0.4) is 0 Å². The van der Waals surface area contributed by atoms with Gasteiger partial charge in [0.15, 0.2) is 0 Å². The molecule has 4 rings (SSSR count). The number of aryl methyl sites for hydroxylation is 1. The van der Waals surface area contributed by atoms with E-state index in [0.29, 0.717) is 24.5 Å². The van der Waals surface area contributed by atoms with Gasteiger partial charge in [0.2, 0.25) is 11.8 Å². The number of carbonyl (C=O) groups is 2. The minimum Gasteiger partial charge on any atom is -0.368 e. The maximum absolute atomic E-state index is 12.9. The van der Waals surface area contributed by atoms with Crippen LogP contribution in [0.2, 0.25) is 9.36 Å². The highest BCUT2D eigenvalue weighted by Crippen LogP contribution is 2.31. The summed E-state index contributed by atoms with van der Waals surface area (Å²) in [6.45, 7) is 2.76. The summed E-state index contributed by atoms with van der Waals surface area (Å²) < 4.78 is 2.61. The molecular formula is C22H27Cl4N5O2S. The Labute approximate surface area is 224 Å². The molecule has 1 aliphatic rings. The lowest BCUT2D eigenvalue weighted by Crippen LogP contribution is -2.51. The van der Waals surface area contributed by atoms with E-state index in [1.165, 1.54) is 4.88 Å². The van der Waals surface area contributed by atoms with Gasteiger partial charge < -0.3 is 15.6 Å². The number of nitrogens with zero attached hydrogens (tertiary/aromatic N) is 3. The molecule has 3 aromatic heterocycles. The Morgan fingerprint density at radius 2 is 2.06 bits per heavy atom. The second kappa shape index (κ2) is 11.9. The number of nitrogens with two attached hydrogens (primary N) is 1. The lowest BCUT2D eigenvalue weighted by molar-refractivity contribution is -0.129. The first-order chi connectivity index (χ1) is 15.2. The van der Waals surface area contributed by atoms with Crippen LogP contribution in [-0.4, -0.2) is 44.9 Å². The summed E-state index contributed by atoms with van der Waals surface area (Å²) in [6, 6.07) is 4.87. The fraction of sp³-hybridized carbons (Fsp3) is 0.409. The molecule has 7 nitrogen and oxygen atoms in total. The van der Waals surface area contributed by atoms with Crippen molar-refractivity contribution in [1.82, 2.24) is 19.8 Å². The van der Waals surface area contributed by atoms with Crippen LogP contribution in [0, 0.1) is 5.92 Å². The van der Waals surface area contributed by atoms with E-state index >= 15 is 0 Å². The molecule has 2 unspecified atom stereocenters. The van der Waals surface area contributed by atoms with Crippen molar-refractivity contribution >= 4 is 82.2 Å². The van der Waals surface area contributed by atoms with Gasteiger partial charge in [-0.05, 0) is 49.4 Å². The molecule has 2 amide bonds. The molecule has 3 N–H and O–H groups in total. The third kappa shape index (κ3) is 6.17. The van der Waals surface area contributed by atoms with Crippen molar-refractivity contribution in [3.63, 3.8) is 0 Å². The van der Waals surface area contributed by atoms with E-state index in [4.69, 9.17) is 28.9 Å². The van der Waals surface area contributed by atoms with E-state index in [1.54, 1.807) is 17.5 Å². The number of thiophene rings is 1. The van der Waals surface area contributed by atoms with Crippen LogP contribution in [0.25, 0.3) is 11.0 Å². The van der Waals surface area contributed by atoms with Crippen LogP contribution in [0.4, 0.5) is 0 Å². The lowest BCUT2D eigenvalue weighted by Gasteiger charge is -2.28. The number of primary amides is 1. The number of aromatic nitrogens is 2. The van der Waals surface area contributed by atoms with Gasteiger partial charge in [-0.1, -0.05) is 23.2 Å². The van der Waals surface area contributed by atoms with Crippen LogP contribution >= 0.6 is 59.4 Å². The minimum atomic E-state index is -0.485. The molecule has 0 aliphatic carbocycles. The van der Waals surface area contributed by atoms with Crippen LogP contribution in [-0.2, 0) is 29.6 Å². The van der Waals surface area contributed by atoms with E-state index in [2.05, 4.69) is 10.3 Å². The van der Waals surface area contributed by atoms with Crippen molar-refractivity contribution < 1.29 is 9.59 Å². The Morgan fingerprint density at radius 1 is 1.32 bits per heavy atom. The summed E-state index contributed by atoms with van der Waals surface area (Å²) >= 11 is 13.8. The number of pyridine rings is 1. The molecule has 0 saturated carbocycles. The molecule has 0 aromatic carbocycles. The number of rotatable bonds is 7. The molecule has 1 fully saturated rings. The minimum absolute atomic E-state index is 0. The number of hydrogen-bond acceptors (Lipinski definition) is 5. The van der Waals surface area contributed by atoms with Gasteiger partial charge in [0.05, 0.1) is 21.4 Å². The zero-order valence-electron chi connectivity index (χ0n) is 18.7. The summed E-state index contributed by atoms with van der Waals surface area (Å²) in [6.07, 6.45) is 4.99. The van der Waals surface area contributed by atoms with Crippen LogP contribution in [0.5, 0.6) is 0 Å². The molecule has 4 heterocycles. The molecular weight excluding hydrogens is 540 g/mol. The molecule has 1 aliphatic heterocycles. The largest absolute Gasteiger partial charge is 0.368 e. The number of hydrogen-bond donors (Lipinski definition) is 2. The smallest absolute Gasteiger partial charge is 0.237 e. The maximum Gasteiger partial charge on any atom is 0.237 e. The van der Waals surface area contributed by atoms with Gasteiger partial charge in [0.1, 0.15) is 5.65 Å². The Bertz CT molecular complexity index is 1170. The summed E-state index contributed by atoms with van der Waals surface area (Å²) in [5.74, 6) is -0.315. The lowest BCUT2D eigenvalue weighted by atomic mass is 10.0. The molecule has 186 valence electrons. The van der Waals surface area contributed by atoms with Gasteiger partial charge in [0.25, 0.3) is 0 Å². The van der Waals surface area contributed by atoms with Crippen molar-refractivity contribution in [1.29, 1.82) is 0 Å². The zero-order valence-corrected chi connectivity index (χ0v) is 22.6. The highest BCUT2D eigenvalue weighted by molar-refractivity contribution is 7.16. The van der Waals surface area contributed by atoms with Gasteiger partial charge in [-0.15, -0.1) is 36.2 Å². The predicted octanol–water partition coefficient (Wildman–Crippen LogP) is 4.21. The van der Waals surface area contributed by atoms with Crippen molar-refractivity contribution in [2.24, 2.45) is 18.7 Å². The normalized spacial score (nSPS) is 18.8. The first-order valence-electron chi connectivity index (χ1n) is 10.4. The highest BCUT2D eigenvalue weighted by Gasteiger charge is 2.40. The monoisotopic (exact) mass is 565 g/mol. The average Bonchev–Trinajstić information content (AvgIpc) is 3.44. The number of amides is 2. The van der Waals surface area contributed by atoms with E-state index in [9.17, 15) is 9.59 Å². The van der Waals surface area contributed by atoms with Gasteiger partial charge in [-0.25, -0.2) is 4.98 Å². The zero-order chi connectivity index (χ0) is 23.0. The predicted molar refractivity (Wildman–Crippen MR) is 142 cm³/mol. The number of carbonyl (C=O) groups excluding carboxylic acids is 2. The van der Waals surface area contributed by atoms with Gasteiger partial charge >= 0.3 is 0 Å². The average molecular weight is 567 g/mol. The Balaban J connectivity index is 0.00000204. The second-order valence-corrected chi connectivity index (χ2v) is 10.5. The van der Waals surface area contributed by atoms with Crippen LogP contribution < -0.4 is 11.1 Å². The molecule has 3 aromatic rings. The molecule has 0 spiro atoms. The van der Waals surface area contributed by atoms with Crippen molar-refractivity contribution in [3.8, 4) is 0 Å². The van der Waals surface area contributed by atoms with E-state index < -0.39 is 18.0 Å². The van der Waals surface area contributed by atoms with E-state index in [-0.39, 0.29) is 36.6 Å². The van der Waals surface area contributed by atoms with E-state index in [1.807, 2.05) is 47.8 Å². The third-order valence-corrected chi connectivity index (χ3v) is 7.59. The quantitative estimate of drug-likeness (QED) is 0.448. The summed E-state index contributed by atoms with van der Waals surface area (Å²) in [4.78, 5) is 32.5. The number of likely N-dealkylation sites (tertiary alicyclic amines) is 1. The third-order valence-electron chi connectivity index (χ3n) is 6.04. The van der Waals surface area contributed by atoms with E-state index in [0.717, 1.165) is 27.4 Å². The number of fused-ring (bicyclic) bond motifs is 1. The van der Waals surface area contributed by atoms with Gasteiger partial charge in [0, 0.05) is 42.8 Å². The number of nitrogens with one attached hydrogen (secondary N) is 1. The fourth-order valence-electron chi connectivity index (χ4n) is 4.40. The summed E-state index contributed by atoms with van der Waals surface area (Å²) in [5.41, 5.74) is 7.31.